The summed E-state index contributed by atoms with van der Waals surface area (Å²) in [7, 11) is 0. The van der Waals surface area contributed by atoms with E-state index in [2.05, 4.69) is 21.7 Å². The van der Waals surface area contributed by atoms with Crippen molar-refractivity contribution in [2.45, 2.75) is 25.9 Å². The van der Waals surface area contributed by atoms with Gasteiger partial charge in [-0.1, -0.05) is 30.3 Å². The molecule has 4 heteroatoms. The maximum absolute atomic E-state index is 13.3. The number of benzene rings is 2. The van der Waals surface area contributed by atoms with E-state index < -0.39 is 0 Å². The van der Waals surface area contributed by atoms with E-state index in [1.807, 2.05) is 25.1 Å². The molecule has 1 aromatic heterocycles. The molecule has 21 heavy (non-hydrogen) atoms. The van der Waals surface area contributed by atoms with Crippen LogP contribution in [0.3, 0.4) is 0 Å². The Morgan fingerprint density at radius 1 is 1.19 bits per heavy atom. The predicted molar refractivity (Wildman–Crippen MR) is 82.4 cm³/mol. The van der Waals surface area contributed by atoms with Crippen LogP contribution < -0.4 is 5.73 Å². The molecule has 0 aliphatic heterocycles. The highest BCUT2D eigenvalue weighted by atomic mass is 19.1. The van der Waals surface area contributed by atoms with Gasteiger partial charge in [0.05, 0.1) is 17.1 Å². The van der Waals surface area contributed by atoms with Crippen LogP contribution in [-0.4, -0.2) is 9.55 Å². The third kappa shape index (κ3) is 2.67. The van der Waals surface area contributed by atoms with Crippen LogP contribution in [0, 0.1) is 5.82 Å². The normalized spacial score (nSPS) is 12.7. The van der Waals surface area contributed by atoms with Gasteiger partial charge in [-0.3, -0.25) is 0 Å². The molecule has 0 bridgehead atoms. The van der Waals surface area contributed by atoms with Gasteiger partial charge in [0.25, 0.3) is 0 Å². The van der Waals surface area contributed by atoms with Crippen molar-refractivity contribution < 1.29 is 4.39 Å². The van der Waals surface area contributed by atoms with E-state index in [-0.39, 0.29) is 11.9 Å². The summed E-state index contributed by atoms with van der Waals surface area (Å²) in [5, 5.41) is 0. The molecular weight excluding hydrogens is 265 g/mol. The molecule has 1 heterocycles. The number of aromatic nitrogens is 2. The minimum atomic E-state index is -0.272. The molecule has 0 saturated carbocycles. The molecule has 2 N–H and O–H groups in total. The fraction of sp³-hybridized carbons (Fsp3) is 0.235. The summed E-state index contributed by atoms with van der Waals surface area (Å²) in [6.45, 7) is 2.81. The lowest BCUT2D eigenvalue weighted by atomic mass is 10.1. The fourth-order valence-corrected chi connectivity index (χ4v) is 2.70. The summed E-state index contributed by atoms with van der Waals surface area (Å²) in [5.74, 6) is 0.536. The van der Waals surface area contributed by atoms with Crippen LogP contribution in [0.15, 0.2) is 48.5 Å². The highest BCUT2D eigenvalue weighted by Gasteiger charge is 2.17. The van der Waals surface area contributed by atoms with Crippen molar-refractivity contribution >= 4 is 11.0 Å². The predicted octanol–water partition coefficient (Wildman–Crippen LogP) is 3.44. The molecule has 2 aromatic carbocycles. The molecule has 3 nitrogen and oxygen atoms in total. The highest BCUT2D eigenvalue weighted by Crippen LogP contribution is 2.22. The minimum absolute atomic E-state index is 0.206. The number of fused-ring (bicyclic) bond motifs is 1. The van der Waals surface area contributed by atoms with E-state index >= 15 is 0 Å². The van der Waals surface area contributed by atoms with Crippen LogP contribution in [0.25, 0.3) is 11.0 Å². The van der Waals surface area contributed by atoms with Crippen molar-refractivity contribution in [3.05, 3.63) is 65.7 Å². The Bertz CT molecular complexity index is 749. The first-order valence-electron chi connectivity index (χ1n) is 7.14. The molecule has 1 unspecified atom stereocenters. The molecule has 0 saturated heterocycles. The highest BCUT2D eigenvalue weighted by molar-refractivity contribution is 5.76. The van der Waals surface area contributed by atoms with E-state index in [0.29, 0.717) is 11.9 Å². The van der Waals surface area contributed by atoms with Crippen LogP contribution in [0.2, 0.25) is 0 Å². The van der Waals surface area contributed by atoms with Gasteiger partial charge < -0.3 is 10.3 Å². The minimum Gasteiger partial charge on any atom is -0.327 e. The molecule has 0 fully saturated rings. The van der Waals surface area contributed by atoms with Gasteiger partial charge in [-0.05, 0) is 31.0 Å². The topological polar surface area (TPSA) is 43.8 Å². The average molecular weight is 283 g/mol. The molecule has 3 aromatic rings. The van der Waals surface area contributed by atoms with E-state index in [4.69, 9.17) is 5.73 Å². The lowest BCUT2D eigenvalue weighted by molar-refractivity contribution is 0.609. The molecule has 0 amide bonds. The van der Waals surface area contributed by atoms with Crippen molar-refractivity contribution in [2.75, 3.05) is 0 Å². The van der Waals surface area contributed by atoms with E-state index in [0.717, 1.165) is 17.9 Å². The molecule has 108 valence electrons. The van der Waals surface area contributed by atoms with Gasteiger partial charge in [0.2, 0.25) is 0 Å². The monoisotopic (exact) mass is 283 g/mol. The fourth-order valence-electron chi connectivity index (χ4n) is 2.70. The molecule has 0 aliphatic rings. The van der Waals surface area contributed by atoms with Crippen LogP contribution in [0.5, 0.6) is 0 Å². The van der Waals surface area contributed by atoms with Gasteiger partial charge in [0.1, 0.15) is 11.6 Å². The van der Waals surface area contributed by atoms with Crippen LogP contribution in [-0.2, 0) is 13.0 Å². The standard InChI is InChI=1S/C17H18FN3/c1-2-21-16-9-8-13(18)11-15(16)20-17(21)14(19)10-12-6-4-3-5-7-12/h3-9,11,14H,2,10,19H2,1H3. The summed E-state index contributed by atoms with van der Waals surface area (Å²) in [6, 6.07) is 14.6. The van der Waals surface area contributed by atoms with Crippen molar-refractivity contribution in [3.63, 3.8) is 0 Å². The number of hydrogen-bond acceptors (Lipinski definition) is 2. The van der Waals surface area contributed by atoms with Crippen molar-refractivity contribution in [2.24, 2.45) is 5.73 Å². The van der Waals surface area contributed by atoms with Gasteiger partial charge >= 0.3 is 0 Å². The van der Waals surface area contributed by atoms with E-state index in [1.165, 1.54) is 17.7 Å². The van der Waals surface area contributed by atoms with Gasteiger partial charge in [0.15, 0.2) is 0 Å². The Kier molecular flexibility index (Phi) is 3.71. The Morgan fingerprint density at radius 2 is 1.95 bits per heavy atom. The van der Waals surface area contributed by atoms with Gasteiger partial charge in [-0.15, -0.1) is 0 Å². The third-order valence-electron chi connectivity index (χ3n) is 3.69. The molecular formula is C17H18FN3. The average Bonchev–Trinajstić information content (AvgIpc) is 2.85. The summed E-state index contributed by atoms with van der Waals surface area (Å²) >= 11 is 0. The largest absolute Gasteiger partial charge is 0.327 e. The van der Waals surface area contributed by atoms with Crippen LogP contribution in [0.1, 0.15) is 24.4 Å². The number of nitrogens with zero attached hydrogens (tertiary/aromatic N) is 2. The molecule has 1 atom stereocenters. The Balaban J connectivity index is 1.99. The number of imidazole rings is 1. The van der Waals surface area contributed by atoms with E-state index in [9.17, 15) is 4.39 Å². The second kappa shape index (κ2) is 5.66. The second-order valence-corrected chi connectivity index (χ2v) is 5.14. The zero-order valence-electron chi connectivity index (χ0n) is 12.0. The van der Waals surface area contributed by atoms with Crippen molar-refractivity contribution in [1.29, 1.82) is 0 Å². The number of nitrogens with two attached hydrogens (primary N) is 1. The third-order valence-corrected chi connectivity index (χ3v) is 3.69. The van der Waals surface area contributed by atoms with Gasteiger partial charge in [-0.25, -0.2) is 9.37 Å². The summed E-state index contributed by atoms with van der Waals surface area (Å²) in [6.07, 6.45) is 0.715. The van der Waals surface area contributed by atoms with Crippen LogP contribution in [0.4, 0.5) is 4.39 Å². The summed E-state index contributed by atoms with van der Waals surface area (Å²) in [5.41, 5.74) is 9.09. The number of hydrogen-bond donors (Lipinski definition) is 1. The molecule has 0 spiro atoms. The molecule has 0 radical (unpaired) electrons. The smallest absolute Gasteiger partial charge is 0.127 e. The first kappa shape index (κ1) is 13.8. The summed E-state index contributed by atoms with van der Waals surface area (Å²) < 4.78 is 15.4. The molecule has 3 rings (SSSR count). The first-order valence-corrected chi connectivity index (χ1v) is 7.14. The van der Waals surface area contributed by atoms with Crippen molar-refractivity contribution in [3.8, 4) is 0 Å². The SMILES string of the molecule is CCn1c(C(N)Cc2ccccc2)nc2cc(F)ccc21. The second-order valence-electron chi connectivity index (χ2n) is 5.14. The Hall–Kier alpha value is -2.20. The molecule has 0 aliphatic carbocycles. The number of halogens is 1. The summed E-state index contributed by atoms with van der Waals surface area (Å²) in [4.78, 5) is 4.54. The maximum atomic E-state index is 13.3. The van der Waals surface area contributed by atoms with Crippen LogP contribution >= 0.6 is 0 Å². The number of aryl methyl sites for hydroxylation is 1. The van der Waals surface area contributed by atoms with Crippen molar-refractivity contribution in [1.82, 2.24) is 9.55 Å². The van der Waals surface area contributed by atoms with Gasteiger partial charge in [-0.2, -0.15) is 0 Å². The Labute approximate surface area is 123 Å². The van der Waals surface area contributed by atoms with E-state index in [1.54, 1.807) is 6.07 Å². The lowest BCUT2D eigenvalue weighted by Gasteiger charge is -2.13. The first-order chi connectivity index (χ1) is 10.2. The lowest BCUT2D eigenvalue weighted by Crippen LogP contribution is -2.18. The maximum Gasteiger partial charge on any atom is 0.127 e. The zero-order valence-corrected chi connectivity index (χ0v) is 12.0. The Morgan fingerprint density at radius 3 is 2.67 bits per heavy atom. The number of rotatable bonds is 4. The quantitative estimate of drug-likeness (QED) is 0.797. The zero-order chi connectivity index (χ0) is 14.8. The van der Waals surface area contributed by atoms with Gasteiger partial charge in [0, 0.05) is 12.6 Å².